The van der Waals surface area contributed by atoms with Crippen LogP contribution in [0.5, 0.6) is 0 Å². The number of aromatic nitrogens is 5. The van der Waals surface area contributed by atoms with E-state index >= 15 is 0 Å². The first-order valence-corrected chi connectivity index (χ1v) is 10.1. The predicted octanol–water partition coefficient (Wildman–Crippen LogP) is 3.47. The normalized spacial score (nSPS) is 12.0. The van der Waals surface area contributed by atoms with E-state index in [1.807, 2.05) is 20.2 Å². The Labute approximate surface area is 188 Å². The van der Waals surface area contributed by atoms with Crippen molar-refractivity contribution in [2.75, 3.05) is 11.9 Å². The number of hydrogen-bond donors (Lipinski definition) is 2. The van der Waals surface area contributed by atoms with E-state index in [-0.39, 0.29) is 17.2 Å². The third-order valence-electron chi connectivity index (χ3n) is 5.00. The molecule has 3 aromatic heterocycles. The molecule has 0 fully saturated rings. The van der Waals surface area contributed by atoms with Crippen molar-refractivity contribution in [1.29, 1.82) is 0 Å². The van der Waals surface area contributed by atoms with Gasteiger partial charge in [-0.25, -0.2) is 14.4 Å². The lowest BCUT2D eigenvalue weighted by Gasteiger charge is -2.18. The second-order valence-electron chi connectivity index (χ2n) is 7.23. The minimum absolute atomic E-state index is 0.0252. The minimum atomic E-state index is -0.750. The standard InChI is InChI=1S/C22H20ClFN6O2/c1-13-19(11-29(2)28-13)27-22-25-7-5-18(26-22)14-6-8-30(21(32)10-14)20(12-31)15-3-4-16(23)17(24)9-15/h3-11,20,31H,12H2,1-2H3,(H,25,26,27). The fourth-order valence-electron chi connectivity index (χ4n) is 3.40. The zero-order valence-electron chi connectivity index (χ0n) is 17.3. The van der Waals surface area contributed by atoms with Crippen LogP contribution < -0.4 is 10.9 Å². The number of benzene rings is 1. The number of pyridine rings is 1. The molecule has 0 saturated heterocycles. The molecule has 164 valence electrons. The molecule has 0 aliphatic carbocycles. The van der Waals surface area contributed by atoms with Gasteiger partial charge in [0, 0.05) is 37.3 Å². The first-order valence-electron chi connectivity index (χ1n) is 9.74. The molecule has 4 aromatic rings. The molecule has 1 atom stereocenters. The third kappa shape index (κ3) is 4.39. The van der Waals surface area contributed by atoms with Crippen molar-refractivity contribution < 1.29 is 9.50 Å². The number of anilines is 2. The highest BCUT2D eigenvalue weighted by atomic mass is 35.5. The van der Waals surface area contributed by atoms with Gasteiger partial charge in [0.25, 0.3) is 5.56 Å². The van der Waals surface area contributed by atoms with Crippen LogP contribution in [0.2, 0.25) is 5.02 Å². The summed E-state index contributed by atoms with van der Waals surface area (Å²) in [6.45, 7) is 1.49. The smallest absolute Gasteiger partial charge is 0.251 e. The van der Waals surface area contributed by atoms with Gasteiger partial charge >= 0.3 is 0 Å². The van der Waals surface area contributed by atoms with Crippen molar-refractivity contribution in [2.45, 2.75) is 13.0 Å². The van der Waals surface area contributed by atoms with Gasteiger partial charge in [-0.05, 0) is 36.8 Å². The fourth-order valence-corrected chi connectivity index (χ4v) is 3.52. The zero-order valence-corrected chi connectivity index (χ0v) is 18.1. The van der Waals surface area contributed by atoms with Crippen LogP contribution in [-0.2, 0) is 7.05 Å². The van der Waals surface area contributed by atoms with Gasteiger partial charge in [-0.1, -0.05) is 17.7 Å². The van der Waals surface area contributed by atoms with Crippen LogP contribution >= 0.6 is 11.6 Å². The summed E-state index contributed by atoms with van der Waals surface area (Å²) < 4.78 is 16.9. The van der Waals surface area contributed by atoms with Crippen LogP contribution in [0.3, 0.4) is 0 Å². The van der Waals surface area contributed by atoms with E-state index in [1.165, 1.54) is 22.8 Å². The third-order valence-corrected chi connectivity index (χ3v) is 5.30. The summed E-state index contributed by atoms with van der Waals surface area (Å²) in [7, 11) is 1.82. The summed E-state index contributed by atoms with van der Waals surface area (Å²) in [5.74, 6) is -0.246. The molecule has 10 heteroatoms. The zero-order chi connectivity index (χ0) is 22.8. The van der Waals surface area contributed by atoms with Gasteiger partial charge in [0.05, 0.1) is 34.7 Å². The van der Waals surface area contributed by atoms with Gasteiger partial charge < -0.3 is 15.0 Å². The number of aliphatic hydroxyl groups is 1. The summed E-state index contributed by atoms with van der Waals surface area (Å²) >= 11 is 5.74. The number of halogens is 2. The molecule has 1 aromatic carbocycles. The lowest BCUT2D eigenvalue weighted by atomic mass is 10.1. The quantitative estimate of drug-likeness (QED) is 0.463. The van der Waals surface area contributed by atoms with E-state index in [1.54, 1.807) is 35.3 Å². The highest BCUT2D eigenvalue weighted by molar-refractivity contribution is 6.30. The topological polar surface area (TPSA) is 97.9 Å². The van der Waals surface area contributed by atoms with Gasteiger partial charge in [0.15, 0.2) is 0 Å². The van der Waals surface area contributed by atoms with Crippen molar-refractivity contribution in [3.8, 4) is 11.3 Å². The van der Waals surface area contributed by atoms with Crippen LogP contribution in [0, 0.1) is 12.7 Å². The van der Waals surface area contributed by atoms with Crippen LogP contribution in [0.1, 0.15) is 17.3 Å². The number of aliphatic hydroxyl groups excluding tert-OH is 1. The van der Waals surface area contributed by atoms with Crippen molar-refractivity contribution >= 4 is 23.2 Å². The first-order chi connectivity index (χ1) is 15.4. The Bertz CT molecular complexity index is 1340. The second kappa shape index (κ2) is 8.89. The number of nitrogens with zero attached hydrogens (tertiary/aromatic N) is 5. The maximum Gasteiger partial charge on any atom is 0.251 e. The lowest BCUT2D eigenvalue weighted by Crippen LogP contribution is -2.27. The van der Waals surface area contributed by atoms with E-state index in [2.05, 4.69) is 20.4 Å². The van der Waals surface area contributed by atoms with Crippen molar-refractivity contribution in [1.82, 2.24) is 24.3 Å². The molecule has 4 rings (SSSR count). The van der Waals surface area contributed by atoms with Gasteiger partial charge in [-0.15, -0.1) is 0 Å². The van der Waals surface area contributed by atoms with E-state index in [4.69, 9.17) is 11.6 Å². The molecule has 0 bridgehead atoms. The molecule has 1 unspecified atom stereocenters. The summed E-state index contributed by atoms with van der Waals surface area (Å²) in [5, 5.41) is 17.2. The average Bonchev–Trinajstić information content (AvgIpc) is 3.09. The van der Waals surface area contributed by atoms with Crippen LogP contribution in [0.25, 0.3) is 11.3 Å². The minimum Gasteiger partial charge on any atom is -0.394 e. The summed E-state index contributed by atoms with van der Waals surface area (Å²) in [6.07, 6.45) is 4.96. The molecule has 32 heavy (non-hydrogen) atoms. The van der Waals surface area contributed by atoms with Crippen LogP contribution in [0.4, 0.5) is 16.0 Å². The van der Waals surface area contributed by atoms with Gasteiger partial charge in [0.2, 0.25) is 5.95 Å². The van der Waals surface area contributed by atoms with Gasteiger partial charge in [0.1, 0.15) is 5.82 Å². The number of aryl methyl sites for hydroxylation is 2. The monoisotopic (exact) mass is 454 g/mol. The maximum absolute atomic E-state index is 13.9. The van der Waals surface area contributed by atoms with E-state index in [0.29, 0.717) is 22.8 Å². The Balaban J connectivity index is 1.63. The first kappa shape index (κ1) is 21.7. The van der Waals surface area contributed by atoms with Gasteiger partial charge in [-0.3, -0.25) is 9.48 Å². The molecule has 0 aliphatic heterocycles. The van der Waals surface area contributed by atoms with Crippen molar-refractivity contribution in [3.63, 3.8) is 0 Å². The Morgan fingerprint density at radius 3 is 2.72 bits per heavy atom. The van der Waals surface area contributed by atoms with Crippen molar-refractivity contribution in [3.05, 3.63) is 87.4 Å². The molecule has 0 spiro atoms. The van der Waals surface area contributed by atoms with Crippen molar-refractivity contribution in [2.24, 2.45) is 7.05 Å². The molecule has 8 nitrogen and oxygen atoms in total. The summed E-state index contributed by atoms with van der Waals surface area (Å²) in [4.78, 5) is 21.5. The van der Waals surface area contributed by atoms with E-state index < -0.39 is 11.9 Å². The maximum atomic E-state index is 13.9. The highest BCUT2D eigenvalue weighted by Gasteiger charge is 2.17. The Kier molecular flexibility index (Phi) is 6.02. The van der Waals surface area contributed by atoms with Gasteiger partial charge in [-0.2, -0.15) is 5.10 Å². The molecule has 2 N–H and O–H groups in total. The molecule has 0 saturated carbocycles. The predicted molar refractivity (Wildman–Crippen MR) is 120 cm³/mol. The summed E-state index contributed by atoms with van der Waals surface area (Å²) in [5.41, 5.74) is 2.78. The molecular weight excluding hydrogens is 435 g/mol. The molecule has 0 aliphatic rings. The number of nitrogens with one attached hydrogen (secondary N) is 1. The highest BCUT2D eigenvalue weighted by Crippen LogP contribution is 2.24. The Hall–Kier alpha value is -3.56. The van der Waals surface area contributed by atoms with E-state index in [0.717, 1.165) is 11.4 Å². The Morgan fingerprint density at radius 1 is 1.25 bits per heavy atom. The fraction of sp³-hybridized carbons (Fsp3) is 0.182. The molecule has 0 amide bonds. The van der Waals surface area contributed by atoms with Crippen LogP contribution in [-0.4, -0.2) is 36.0 Å². The number of rotatable bonds is 6. The molecule has 0 radical (unpaired) electrons. The summed E-state index contributed by atoms with van der Waals surface area (Å²) in [6, 6.07) is 8.25. The van der Waals surface area contributed by atoms with Crippen LogP contribution in [0.15, 0.2) is 59.8 Å². The molecule has 3 heterocycles. The Morgan fingerprint density at radius 2 is 2.06 bits per heavy atom. The molecular formula is C22H20ClFN6O2. The van der Waals surface area contributed by atoms with E-state index in [9.17, 15) is 14.3 Å². The second-order valence-corrected chi connectivity index (χ2v) is 7.63. The lowest BCUT2D eigenvalue weighted by molar-refractivity contribution is 0.247. The number of hydrogen-bond acceptors (Lipinski definition) is 6. The average molecular weight is 455 g/mol. The largest absolute Gasteiger partial charge is 0.394 e. The SMILES string of the molecule is Cc1nn(C)cc1Nc1nccc(-c2ccn(C(CO)c3ccc(Cl)c(F)c3)c(=O)c2)n1.